The van der Waals surface area contributed by atoms with Crippen LogP contribution >= 0.6 is 12.2 Å². The summed E-state index contributed by atoms with van der Waals surface area (Å²) in [6, 6.07) is 0. The second kappa shape index (κ2) is 4.67. The van der Waals surface area contributed by atoms with Crippen molar-refractivity contribution in [3.8, 4) is 0 Å². The van der Waals surface area contributed by atoms with E-state index in [1.54, 1.807) is 4.90 Å². The minimum Gasteiger partial charge on any atom is -0.393 e. The maximum atomic E-state index is 12.0. The van der Waals surface area contributed by atoms with Gasteiger partial charge in [-0.15, -0.1) is 0 Å². The van der Waals surface area contributed by atoms with Gasteiger partial charge in [-0.25, -0.2) is 0 Å². The predicted molar refractivity (Wildman–Crippen MR) is 69.2 cm³/mol. The van der Waals surface area contributed by atoms with Gasteiger partial charge in [0.1, 0.15) is 0 Å². The summed E-state index contributed by atoms with van der Waals surface area (Å²) in [7, 11) is 1.85. The van der Waals surface area contributed by atoms with E-state index in [9.17, 15) is 4.79 Å². The zero-order valence-electron chi connectivity index (χ0n) is 10.5. The van der Waals surface area contributed by atoms with Gasteiger partial charge in [0.25, 0.3) is 0 Å². The van der Waals surface area contributed by atoms with Crippen molar-refractivity contribution in [1.29, 1.82) is 0 Å². The van der Waals surface area contributed by atoms with Crippen LogP contribution in [-0.2, 0) is 4.79 Å². The van der Waals surface area contributed by atoms with Gasteiger partial charge >= 0.3 is 0 Å². The van der Waals surface area contributed by atoms with Crippen LogP contribution < -0.4 is 5.73 Å². The van der Waals surface area contributed by atoms with Gasteiger partial charge in [-0.2, -0.15) is 0 Å². The van der Waals surface area contributed by atoms with Gasteiger partial charge in [0.2, 0.25) is 5.91 Å². The highest BCUT2D eigenvalue weighted by atomic mass is 32.1. The lowest BCUT2D eigenvalue weighted by molar-refractivity contribution is -0.147. The van der Waals surface area contributed by atoms with E-state index in [4.69, 9.17) is 18.0 Å². The van der Waals surface area contributed by atoms with Crippen molar-refractivity contribution in [3.63, 3.8) is 0 Å². The summed E-state index contributed by atoms with van der Waals surface area (Å²) in [6.07, 6.45) is 0. The van der Waals surface area contributed by atoms with Crippen LogP contribution in [-0.4, -0.2) is 52.9 Å². The number of likely N-dealkylation sites (N-methyl/N-ethyl adjacent to an activating group) is 1. The number of amides is 1. The molecule has 0 saturated carbocycles. The van der Waals surface area contributed by atoms with E-state index in [0.29, 0.717) is 4.99 Å². The molecule has 0 spiro atoms. The maximum absolute atomic E-state index is 12.0. The molecule has 0 bridgehead atoms. The van der Waals surface area contributed by atoms with Gasteiger partial charge in [-0.1, -0.05) is 19.1 Å². The number of hydrogen-bond acceptors (Lipinski definition) is 3. The highest BCUT2D eigenvalue weighted by Crippen LogP contribution is 2.22. The van der Waals surface area contributed by atoms with Crippen molar-refractivity contribution < 1.29 is 4.79 Å². The molecule has 0 radical (unpaired) electrons. The monoisotopic (exact) mass is 243 g/mol. The van der Waals surface area contributed by atoms with E-state index in [0.717, 1.165) is 19.6 Å². The molecule has 1 rings (SSSR count). The van der Waals surface area contributed by atoms with Gasteiger partial charge in [-0.3, -0.25) is 9.69 Å². The number of nitrogens with zero attached hydrogens (tertiary/aromatic N) is 2. The van der Waals surface area contributed by atoms with E-state index in [1.807, 2.05) is 27.8 Å². The van der Waals surface area contributed by atoms with E-state index in [2.05, 4.69) is 4.90 Å². The van der Waals surface area contributed by atoms with E-state index >= 15 is 0 Å². The molecule has 0 aliphatic carbocycles. The lowest BCUT2D eigenvalue weighted by Crippen LogP contribution is -2.63. The Labute approximate surface area is 103 Å². The average molecular weight is 243 g/mol. The number of thiocarbonyl (C=S) groups is 1. The van der Waals surface area contributed by atoms with Crippen molar-refractivity contribution in [3.05, 3.63) is 0 Å². The van der Waals surface area contributed by atoms with Crippen LogP contribution in [0.25, 0.3) is 0 Å². The predicted octanol–water partition coefficient (Wildman–Crippen LogP) is 0.461. The largest absolute Gasteiger partial charge is 0.393 e. The van der Waals surface area contributed by atoms with Crippen molar-refractivity contribution in [1.82, 2.24) is 9.80 Å². The Hall–Kier alpha value is -0.680. The summed E-state index contributed by atoms with van der Waals surface area (Å²) >= 11 is 4.97. The first-order valence-electron chi connectivity index (χ1n) is 5.56. The minimum absolute atomic E-state index is 0.144. The highest BCUT2D eigenvalue weighted by molar-refractivity contribution is 7.80. The second-order valence-electron chi connectivity index (χ2n) is 5.04. The molecule has 16 heavy (non-hydrogen) atoms. The zero-order valence-corrected chi connectivity index (χ0v) is 11.3. The number of nitrogens with two attached hydrogens (primary N) is 1. The third kappa shape index (κ3) is 2.52. The molecule has 0 aromatic rings. The molecule has 1 fully saturated rings. The zero-order chi connectivity index (χ0) is 12.5. The van der Waals surface area contributed by atoms with Crippen molar-refractivity contribution in [2.24, 2.45) is 11.7 Å². The van der Waals surface area contributed by atoms with Crippen molar-refractivity contribution >= 4 is 23.1 Å². The lowest BCUT2D eigenvalue weighted by Gasteiger charge is -2.45. The van der Waals surface area contributed by atoms with Crippen LogP contribution in [0.5, 0.6) is 0 Å². The number of hydrogen-bond donors (Lipinski definition) is 1. The molecule has 1 aliphatic heterocycles. The number of carbonyl (C=O) groups is 1. The van der Waals surface area contributed by atoms with E-state index < -0.39 is 5.54 Å². The summed E-state index contributed by atoms with van der Waals surface area (Å²) in [4.78, 5) is 16.5. The van der Waals surface area contributed by atoms with Gasteiger partial charge < -0.3 is 10.6 Å². The third-order valence-corrected chi connectivity index (χ3v) is 3.75. The molecule has 2 N–H and O–H groups in total. The summed E-state index contributed by atoms with van der Waals surface area (Å²) in [5, 5.41) is 0. The van der Waals surface area contributed by atoms with Crippen LogP contribution in [0.4, 0.5) is 0 Å². The average Bonchev–Trinajstić information content (AvgIpc) is 2.19. The quantitative estimate of drug-likeness (QED) is 0.732. The maximum Gasteiger partial charge on any atom is 0.242 e. The molecule has 1 unspecified atom stereocenters. The van der Waals surface area contributed by atoms with E-state index in [1.165, 1.54) is 0 Å². The summed E-state index contributed by atoms with van der Waals surface area (Å²) in [5.74, 6) is 0.305. The lowest BCUT2D eigenvalue weighted by atomic mass is 9.96. The SMILES string of the molecule is CC(CN1CCN(C)C(=O)C1(C)C)C(N)=S. The second-order valence-corrected chi connectivity index (χ2v) is 5.51. The van der Waals surface area contributed by atoms with E-state index in [-0.39, 0.29) is 11.8 Å². The van der Waals surface area contributed by atoms with Crippen molar-refractivity contribution in [2.45, 2.75) is 26.3 Å². The molecule has 1 aliphatic rings. The van der Waals surface area contributed by atoms with Gasteiger partial charge in [0.05, 0.1) is 10.5 Å². The van der Waals surface area contributed by atoms with Crippen molar-refractivity contribution in [2.75, 3.05) is 26.7 Å². The Bertz CT molecular complexity index is 304. The number of rotatable bonds is 3. The Morgan fingerprint density at radius 2 is 2.12 bits per heavy atom. The fourth-order valence-electron chi connectivity index (χ4n) is 1.99. The fourth-order valence-corrected chi connectivity index (χ4v) is 2.07. The van der Waals surface area contributed by atoms with Gasteiger partial charge in [0.15, 0.2) is 0 Å². The molecule has 1 atom stereocenters. The standard InChI is InChI=1S/C11H21N3OS/c1-8(9(12)16)7-14-6-5-13(4)10(15)11(14,2)3/h8H,5-7H2,1-4H3,(H2,12,16). The Morgan fingerprint density at radius 3 is 2.62 bits per heavy atom. The Balaban J connectivity index is 2.74. The third-order valence-electron chi connectivity index (χ3n) is 3.35. The van der Waals surface area contributed by atoms with Crippen LogP contribution in [0.1, 0.15) is 20.8 Å². The highest BCUT2D eigenvalue weighted by Gasteiger charge is 2.40. The number of piperazine rings is 1. The normalized spacial score (nSPS) is 23.2. The summed E-state index contributed by atoms with van der Waals surface area (Å²) in [5.41, 5.74) is 5.16. The van der Waals surface area contributed by atoms with Gasteiger partial charge in [-0.05, 0) is 13.8 Å². The molecule has 0 aromatic carbocycles. The molecule has 0 aromatic heterocycles. The first-order valence-corrected chi connectivity index (χ1v) is 5.97. The fraction of sp³-hybridized carbons (Fsp3) is 0.818. The molecule has 1 saturated heterocycles. The molecule has 1 heterocycles. The summed E-state index contributed by atoms with van der Waals surface area (Å²) in [6.45, 7) is 8.31. The first kappa shape index (κ1) is 13.4. The molecule has 4 nitrogen and oxygen atoms in total. The number of carbonyl (C=O) groups excluding carboxylic acids is 1. The Kier molecular flexibility index (Phi) is 3.91. The summed E-state index contributed by atoms with van der Waals surface area (Å²) < 4.78 is 0. The van der Waals surface area contributed by atoms with Gasteiger partial charge in [0, 0.05) is 32.6 Å². The molecule has 1 amide bonds. The van der Waals surface area contributed by atoms with Crippen LogP contribution in [0.3, 0.4) is 0 Å². The first-order chi connectivity index (χ1) is 7.26. The molecule has 92 valence electrons. The topological polar surface area (TPSA) is 49.6 Å². The smallest absolute Gasteiger partial charge is 0.242 e. The molecule has 5 heteroatoms. The van der Waals surface area contributed by atoms with Crippen LogP contribution in [0, 0.1) is 5.92 Å². The minimum atomic E-state index is -0.452. The van der Waals surface area contributed by atoms with Crippen LogP contribution in [0.15, 0.2) is 0 Å². The van der Waals surface area contributed by atoms with Crippen LogP contribution in [0.2, 0.25) is 0 Å². The molecular weight excluding hydrogens is 222 g/mol. The molecular formula is C11H21N3OS. The Morgan fingerprint density at radius 1 is 1.56 bits per heavy atom.